The van der Waals surface area contributed by atoms with Crippen LogP contribution in [-0.4, -0.2) is 23.1 Å². The van der Waals surface area contributed by atoms with Crippen molar-refractivity contribution in [1.82, 2.24) is 0 Å². The number of hydrogen-bond donors (Lipinski definition) is 2. The highest BCUT2D eigenvalue weighted by Crippen LogP contribution is 2.35. The van der Waals surface area contributed by atoms with Crippen LogP contribution in [-0.2, 0) is 11.0 Å². The number of ether oxygens (including phenoxy) is 1. The van der Waals surface area contributed by atoms with Crippen molar-refractivity contribution in [3.05, 3.63) is 23.8 Å². The summed E-state index contributed by atoms with van der Waals surface area (Å²) >= 11 is 0. The van der Waals surface area contributed by atoms with E-state index in [1.54, 1.807) is 0 Å². The summed E-state index contributed by atoms with van der Waals surface area (Å²) in [6.07, 6.45) is -4.75. The van der Waals surface area contributed by atoms with E-state index in [-0.39, 0.29) is 5.46 Å². The number of rotatable bonds is 2. The van der Waals surface area contributed by atoms with Gasteiger partial charge in [0.1, 0.15) is 5.75 Å². The lowest BCUT2D eigenvalue weighted by atomic mass is 9.79. The smallest absolute Gasteiger partial charge is 0.426 e. The predicted molar refractivity (Wildman–Crippen MR) is 52.6 cm³/mol. The van der Waals surface area contributed by atoms with Crippen LogP contribution >= 0.6 is 0 Å². The third-order valence-corrected chi connectivity index (χ3v) is 1.86. The molecule has 8 heteroatoms. The lowest BCUT2D eigenvalue weighted by molar-refractivity contribution is -0.141. The molecule has 0 radical (unpaired) electrons. The molecular weight excluding hydrogens is 240 g/mol. The molecule has 17 heavy (non-hydrogen) atoms. The molecule has 0 fully saturated rings. The van der Waals surface area contributed by atoms with Crippen LogP contribution in [0.25, 0.3) is 0 Å². The first-order chi connectivity index (χ1) is 7.71. The molecule has 1 aromatic carbocycles. The maximum absolute atomic E-state index is 12.6. The molecule has 1 aromatic rings. The van der Waals surface area contributed by atoms with Crippen molar-refractivity contribution >= 4 is 18.6 Å². The van der Waals surface area contributed by atoms with Gasteiger partial charge in [0.05, 0.1) is 5.56 Å². The van der Waals surface area contributed by atoms with E-state index in [2.05, 4.69) is 4.74 Å². The first-order valence-corrected chi connectivity index (χ1v) is 4.47. The third kappa shape index (κ3) is 3.47. The first-order valence-electron chi connectivity index (χ1n) is 4.47. The van der Waals surface area contributed by atoms with Gasteiger partial charge in [-0.15, -0.1) is 0 Å². The van der Waals surface area contributed by atoms with Gasteiger partial charge < -0.3 is 14.8 Å². The number of carbonyl (C=O) groups excluding carboxylic acids is 1. The van der Waals surface area contributed by atoms with Gasteiger partial charge in [-0.2, -0.15) is 13.2 Å². The molecule has 0 aliphatic rings. The number of halogens is 3. The van der Waals surface area contributed by atoms with Crippen molar-refractivity contribution in [1.29, 1.82) is 0 Å². The number of hydrogen-bond acceptors (Lipinski definition) is 4. The molecule has 0 heterocycles. The number of carbonyl (C=O) groups is 1. The lowest BCUT2D eigenvalue weighted by Crippen LogP contribution is -2.31. The molecule has 0 aliphatic carbocycles. The molecule has 0 saturated heterocycles. The molecule has 0 bridgehead atoms. The summed E-state index contributed by atoms with van der Waals surface area (Å²) in [6.45, 7) is 0.967. The zero-order valence-electron chi connectivity index (χ0n) is 8.65. The number of benzene rings is 1. The average Bonchev–Trinajstić information content (AvgIpc) is 2.15. The molecule has 0 unspecified atom stereocenters. The highest BCUT2D eigenvalue weighted by molar-refractivity contribution is 6.58. The normalized spacial score (nSPS) is 11.2. The van der Waals surface area contributed by atoms with Crippen LogP contribution in [0.5, 0.6) is 5.75 Å². The number of alkyl halides is 3. The molecule has 0 amide bonds. The van der Waals surface area contributed by atoms with Crippen LogP contribution in [0.2, 0.25) is 0 Å². The zero-order chi connectivity index (χ0) is 13.2. The molecule has 0 spiro atoms. The van der Waals surface area contributed by atoms with Gasteiger partial charge in [-0.3, -0.25) is 4.79 Å². The largest absolute Gasteiger partial charge is 0.488 e. The highest BCUT2D eigenvalue weighted by Gasteiger charge is 2.35. The Morgan fingerprint density at radius 3 is 2.35 bits per heavy atom. The summed E-state index contributed by atoms with van der Waals surface area (Å²) in [6, 6.07) is 2.40. The summed E-state index contributed by atoms with van der Waals surface area (Å²) < 4.78 is 42.1. The lowest BCUT2D eigenvalue weighted by Gasteiger charge is -2.13. The van der Waals surface area contributed by atoms with E-state index in [1.165, 1.54) is 0 Å². The standard InChI is InChI=1S/C9H8BF3O4/c1-5(14)17-8-3-2-6(10(15)16)4-7(8)9(11,12)13/h2-4,15-16H,1H3. The van der Waals surface area contributed by atoms with Crippen LogP contribution in [0.4, 0.5) is 13.2 Å². The van der Waals surface area contributed by atoms with Gasteiger partial charge in [-0.1, -0.05) is 6.07 Å². The molecule has 92 valence electrons. The quantitative estimate of drug-likeness (QED) is 0.449. The van der Waals surface area contributed by atoms with Crippen molar-refractivity contribution in [3.8, 4) is 5.75 Å². The van der Waals surface area contributed by atoms with Crippen LogP contribution in [0.1, 0.15) is 12.5 Å². The Balaban J connectivity index is 3.27. The van der Waals surface area contributed by atoms with E-state index >= 15 is 0 Å². The second kappa shape index (κ2) is 4.76. The topological polar surface area (TPSA) is 66.8 Å². The van der Waals surface area contributed by atoms with Crippen molar-refractivity contribution in [2.45, 2.75) is 13.1 Å². The maximum Gasteiger partial charge on any atom is 0.488 e. The Bertz CT molecular complexity index is 431. The van der Waals surface area contributed by atoms with Gasteiger partial charge in [-0.25, -0.2) is 0 Å². The van der Waals surface area contributed by atoms with Crippen molar-refractivity contribution in [2.75, 3.05) is 0 Å². The summed E-state index contributed by atoms with van der Waals surface area (Å²) in [7, 11) is -2.03. The molecule has 4 nitrogen and oxygen atoms in total. The molecule has 1 rings (SSSR count). The van der Waals surface area contributed by atoms with E-state index in [0.29, 0.717) is 6.07 Å². The van der Waals surface area contributed by atoms with Crippen LogP contribution < -0.4 is 10.2 Å². The fourth-order valence-corrected chi connectivity index (χ4v) is 1.17. The van der Waals surface area contributed by atoms with E-state index in [1.807, 2.05) is 0 Å². The predicted octanol–water partition coefficient (Wildman–Crippen LogP) is 0.310. The third-order valence-electron chi connectivity index (χ3n) is 1.86. The first kappa shape index (κ1) is 13.5. The summed E-state index contributed by atoms with van der Waals surface area (Å²) in [5, 5.41) is 17.5. The SMILES string of the molecule is CC(=O)Oc1ccc(B(O)O)cc1C(F)(F)F. The second-order valence-corrected chi connectivity index (χ2v) is 3.22. The Morgan fingerprint density at radius 1 is 1.35 bits per heavy atom. The van der Waals surface area contributed by atoms with E-state index in [9.17, 15) is 18.0 Å². The Kier molecular flexibility index (Phi) is 3.79. The van der Waals surface area contributed by atoms with E-state index in [0.717, 1.165) is 19.1 Å². The molecule has 0 aromatic heterocycles. The fourth-order valence-electron chi connectivity index (χ4n) is 1.17. The van der Waals surface area contributed by atoms with Gasteiger partial charge in [0.15, 0.2) is 0 Å². The maximum atomic E-state index is 12.6. The van der Waals surface area contributed by atoms with Gasteiger partial charge >= 0.3 is 19.3 Å². The molecular formula is C9H8BF3O4. The summed E-state index contributed by atoms with van der Waals surface area (Å²) in [5.74, 6) is -1.57. The summed E-state index contributed by atoms with van der Waals surface area (Å²) in [4.78, 5) is 10.6. The molecule has 2 N–H and O–H groups in total. The fraction of sp³-hybridized carbons (Fsp3) is 0.222. The van der Waals surface area contributed by atoms with E-state index in [4.69, 9.17) is 10.0 Å². The minimum absolute atomic E-state index is 0.340. The molecule has 0 saturated carbocycles. The Morgan fingerprint density at radius 2 is 1.94 bits per heavy atom. The van der Waals surface area contributed by atoms with E-state index < -0.39 is 30.6 Å². The molecule has 0 aliphatic heterocycles. The zero-order valence-corrected chi connectivity index (χ0v) is 8.65. The second-order valence-electron chi connectivity index (χ2n) is 3.22. The highest BCUT2D eigenvalue weighted by atomic mass is 19.4. The van der Waals surface area contributed by atoms with Gasteiger partial charge in [-0.05, 0) is 17.6 Å². The molecule has 0 atom stereocenters. The minimum atomic E-state index is -4.75. The Labute approximate surface area is 94.8 Å². The van der Waals surface area contributed by atoms with Crippen LogP contribution in [0, 0.1) is 0 Å². The van der Waals surface area contributed by atoms with Gasteiger partial charge in [0, 0.05) is 6.92 Å². The Hall–Kier alpha value is -1.54. The number of esters is 1. The monoisotopic (exact) mass is 248 g/mol. The van der Waals surface area contributed by atoms with Crippen LogP contribution in [0.3, 0.4) is 0 Å². The van der Waals surface area contributed by atoms with Crippen molar-refractivity contribution in [2.24, 2.45) is 0 Å². The minimum Gasteiger partial charge on any atom is -0.426 e. The van der Waals surface area contributed by atoms with Crippen molar-refractivity contribution in [3.63, 3.8) is 0 Å². The van der Waals surface area contributed by atoms with Gasteiger partial charge in [0.2, 0.25) is 0 Å². The summed E-state index contributed by atoms with van der Waals surface area (Å²) in [5.41, 5.74) is -1.58. The van der Waals surface area contributed by atoms with Crippen LogP contribution in [0.15, 0.2) is 18.2 Å². The van der Waals surface area contributed by atoms with Crippen molar-refractivity contribution < 1.29 is 32.8 Å². The average molecular weight is 248 g/mol. The van der Waals surface area contributed by atoms with Gasteiger partial charge in [0.25, 0.3) is 0 Å².